The van der Waals surface area contributed by atoms with Crippen molar-refractivity contribution in [3.63, 3.8) is 0 Å². The summed E-state index contributed by atoms with van der Waals surface area (Å²) < 4.78 is 11.1. The van der Waals surface area contributed by atoms with Gasteiger partial charge in [0.2, 0.25) is 0 Å². The van der Waals surface area contributed by atoms with Gasteiger partial charge in [0.1, 0.15) is 5.75 Å². The summed E-state index contributed by atoms with van der Waals surface area (Å²) in [6.45, 7) is 8.08. The van der Waals surface area contributed by atoms with Crippen molar-refractivity contribution < 1.29 is 9.47 Å². The minimum absolute atomic E-state index is 0.0970. The van der Waals surface area contributed by atoms with Gasteiger partial charge in [0, 0.05) is 25.2 Å². The molecule has 1 heterocycles. The SMILES string of the molecule is COc1ccc(C#CCN)c(CN2CCOC(C)(C)C2)c1. The highest BCUT2D eigenvalue weighted by atomic mass is 16.5. The van der Waals surface area contributed by atoms with E-state index in [9.17, 15) is 0 Å². The molecule has 0 atom stereocenters. The van der Waals surface area contributed by atoms with E-state index in [-0.39, 0.29) is 5.60 Å². The van der Waals surface area contributed by atoms with Gasteiger partial charge in [-0.05, 0) is 37.6 Å². The number of benzene rings is 1. The smallest absolute Gasteiger partial charge is 0.119 e. The Kier molecular flexibility index (Phi) is 5.24. The van der Waals surface area contributed by atoms with E-state index in [1.807, 2.05) is 12.1 Å². The minimum atomic E-state index is -0.0970. The number of morpholine rings is 1. The molecular formula is C17H24N2O2. The van der Waals surface area contributed by atoms with E-state index in [2.05, 4.69) is 36.7 Å². The molecule has 2 N–H and O–H groups in total. The number of nitrogens with zero attached hydrogens (tertiary/aromatic N) is 1. The van der Waals surface area contributed by atoms with Crippen LogP contribution in [0.4, 0.5) is 0 Å². The monoisotopic (exact) mass is 288 g/mol. The molecule has 1 fully saturated rings. The minimum Gasteiger partial charge on any atom is -0.497 e. The molecule has 1 aromatic rings. The fourth-order valence-electron chi connectivity index (χ4n) is 2.59. The maximum absolute atomic E-state index is 5.76. The highest BCUT2D eigenvalue weighted by molar-refractivity contribution is 5.45. The zero-order valence-electron chi connectivity index (χ0n) is 13.1. The highest BCUT2D eigenvalue weighted by Gasteiger charge is 2.27. The standard InChI is InChI=1S/C17H24N2O2/c1-17(2)13-19(9-10-21-17)12-15-11-16(20-3)7-6-14(15)5-4-8-18/h6-7,11H,8-10,12-13,18H2,1-3H3. The van der Waals surface area contributed by atoms with Crippen molar-refractivity contribution in [1.29, 1.82) is 0 Å². The lowest BCUT2D eigenvalue weighted by Crippen LogP contribution is -2.47. The molecule has 4 nitrogen and oxygen atoms in total. The molecule has 0 bridgehead atoms. The zero-order valence-corrected chi connectivity index (χ0v) is 13.1. The molecule has 1 saturated heterocycles. The van der Waals surface area contributed by atoms with Crippen LogP contribution in [-0.4, -0.2) is 43.9 Å². The Balaban J connectivity index is 2.20. The van der Waals surface area contributed by atoms with Gasteiger partial charge >= 0.3 is 0 Å². The van der Waals surface area contributed by atoms with E-state index >= 15 is 0 Å². The molecule has 0 saturated carbocycles. The molecule has 2 rings (SSSR count). The summed E-state index contributed by atoms with van der Waals surface area (Å²) >= 11 is 0. The number of methoxy groups -OCH3 is 1. The normalized spacial score (nSPS) is 17.9. The van der Waals surface area contributed by atoms with E-state index in [0.29, 0.717) is 6.54 Å². The van der Waals surface area contributed by atoms with Gasteiger partial charge in [-0.1, -0.05) is 11.8 Å². The van der Waals surface area contributed by atoms with Crippen molar-refractivity contribution in [2.75, 3.05) is 33.4 Å². The first-order chi connectivity index (χ1) is 10.0. The molecule has 1 aromatic carbocycles. The molecule has 21 heavy (non-hydrogen) atoms. The average molecular weight is 288 g/mol. The number of hydrogen-bond donors (Lipinski definition) is 1. The van der Waals surface area contributed by atoms with Gasteiger partial charge < -0.3 is 15.2 Å². The highest BCUT2D eigenvalue weighted by Crippen LogP contribution is 2.22. The van der Waals surface area contributed by atoms with Gasteiger partial charge in [-0.3, -0.25) is 4.90 Å². The molecular weight excluding hydrogens is 264 g/mol. The van der Waals surface area contributed by atoms with Crippen molar-refractivity contribution >= 4 is 0 Å². The predicted octanol–water partition coefficient (Wildman–Crippen LogP) is 1.62. The third-order valence-corrected chi connectivity index (χ3v) is 3.54. The van der Waals surface area contributed by atoms with Gasteiger partial charge in [0.05, 0.1) is 25.9 Å². The summed E-state index contributed by atoms with van der Waals surface area (Å²) in [5.41, 5.74) is 7.57. The van der Waals surface area contributed by atoms with E-state index in [4.69, 9.17) is 15.2 Å². The lowest BCUT2D eigenvalue weighted by molar-refractivity contribution is -0.0882. The average Bonchev–Trinajstić information content (AvgIpc) is 2.45. The van der Waals surface area contributed by atoms with Crippen LogP contribution in [0.1, 0.15) is 25.0 Å². The Labute approximate surface area is 127 Å². The summed E-state index contributed by atoms with van der Waals surface area (Å²) in [7, 11) is 1.68. The third-order valence-electron chi connectivity index (χ3n) is 3.54. The summed E-state index contributed by atoms with van der Waals surface area (Å²) in [4.78, 5) is 2.39. The number of nitrogens with two attached hydrogens (primary N) is 1. The van der Waals surface area contributed by atoms with Crippen molar-refractivity contribution in [3.05, 3.63) is 29.3 Å². The second-order valence-corrected chi connectivity index (χ2v) is 5.85. The maximum atomic E-state index is 5.76. The van der Waals surface area contributed by atoms with Crippen LogP contribution in [0.25, 0.3) is 0 Å². The molecule has 4 heteroatoms. The number of rotatable bonds is 3. The fraction of sp³-hybridized carbons (Fsp3) is 0.529. The molecule has 0 aromatic heterocycles. The van der Waals surface area contributed by atoms with Crippen LogP contribution in [0, 0.1) is 11.8 Å². The van der Waals surface area contributed by atoms with E-state index in [1.54, 1.807) is 7.11 Å². The first kappa shape index (κ1) is 15.8. The molecule has 0 amide bonds. The van der Waals surface area contributed by atoms with E-state index < -0.39 is 0 Å². The van der Waals surface area contributed by atoms with Crippen LogP contribution in [0.5, 0.6) is 5.75 Å². The summed E-state index contributed by atoms with van der Waals surface area (Å²) in [6, 6.07) is 6.00. The van der Waals surface area contributed by atoms with Crippen molar-refractivity contribution in [1.82, 2.24) is 4.90 Å². The summed E-state index contributed by atoms with van der Waals surface area (Å²) in [5, 5.41) is 0. The van der Waals surface area contributed by atoms with Crippen LogP contribution in [0.3, 0.4) is 0 Å². The van der Waals surface area contributed by atoms with Crippen molar-refractivity contribution in [2.45, 2.75) is 26.0 Å². The van der Waals surface area contributed by atoms with Crippen LogP contribution in [-0.2, 0) is 11.3 Å². The van der Waals surface area contributed by atoms with E-state index in [1.165, 1.54) is 5.56 Å². The molecule has 0 spiro atoms. The second kappa shape index (κ2) is 6.95. The Morgan fingerprint density at radius 3 is 2.90 bits per heavy atom. The van der Waals surface area contributed by atoms with Crippen LogP contribution in [0.15, 0.2) is 18.2 Å². The lowest BCUT2D eigenvalue weighted by atomic mass is 10.0. The maximum Gasteiger partial charge on any atom is 0.119 e. The molecule has 1 aliphatic heterocycles. The quantitative estimate of drug-likeness (QED) is 0.859. The topological polar surface area (TPSA) is 47.7 Å². The Morgan fingerprint density at radius 1 is 1.43 bits per heavy atom. The van der Waals surface area contributed by atoms with Gasteiger partial charge in [0.15, 0.2) is 0 Å². The third kappa shape index (κ3) is 4.47. The van der Waals surface area contributed by atoms with Crippen LogP contribution >= 0.6 is 0 Å². The lowest BCUT2D eigenvalue weighted by Gasteiger charge is -2.38. The van der Waals surface area contributed by atoms with Gasteiger partial charge in [-0.25, -0.2) is 0 Å². The zero-order chi connectivity index (χ0) is 15.3. The second-order valence-electron chi connectivity index (χ2n) is 5.85. The fourth-order valence-corrected chi connectivity index (χ4v) is 2.59. The predicted molar refractivity (Wildman–Crippen MR) is 84.2 cm³/mol. The van der Waals surface area contributed by atoms with Gasteiger partial charge in [-0.15, -0.1) is 0 Å². The molecule has 0 aliphatic carbocycles. The number of hydrogen-bond acceptors (Lipinski definition) is 4. The van der Waals surface area contributed by atoms with Crippen LogP contribution < -0.4 is 10.5 Å². The van der Waals surface area contributed by atoms with Gasteiger partial charge in [0.25, 0.3) is 0 Å². The van der Waals surface area contributed by atoms with Crippen molar-refractivity contribution in [3.8, 4) is 17.6 Å². The molecule has 1 aliphatic rings. The van der Waals surface area contributed by atoms with Crippen molar-refractivity contribution in [2.24, 2.45) is 5.73 Å². The Bertz CT molecular complexity index is 543. The molecule has 0 unspecified atom stereocenters. The molecule has 114 valence electrons. The largest absolute Gasteiger partial charge is 0.497 e. The van der Waals surface area contributed by atoms with Gasteiger partial charge in [-0.2, -0.15) is 0 Å². The first-order valence-corrected chi connectivity index (χ1v) is 7.26. The van der Waals surface area contributed by atoms with E-state index in [0.717, 1.165) is 37.6 Å². The molecule has 0 radical (unpaired) electrons. The Morgan fingerprint density at radius 2 is 2.24 bits per heavy atom. The number of ether oxygens (including phenoxy) is 2. The van der Waals surface area contributed by atoms with Crippen LogP contribution in [0.2, 0.25) is 0 Å². The summed E-state index contributed by atoms with van der Waals surface area (Å²) in [5.74, 6) is 6.93. The first-order valence-electron chi connectivity index (χ1n) is 7.26. The summed E-state index contributed by atoms with van der Waals surface area (Å²) in [6.07, 6.45) is 0. The Hall–Kier alpha value is -1.54.